The van der Waals surface area contributed by atoms with E-state index in [9.17, 15) is 4.79 Å². The molecule has 1 aromatic heterocycles. The number of hydrogen-bond acceptors (Lipinski definition) is 3. The molecule has 2 nitrogen and oxygen atoms in total. The normalized spacial score (nSPS) is 21.7. The highest BCUT2D eigenvalue weighted by atomic mass is 32.1. The van der Waals surface area contributed by atoms with E-state index in [1.54, 1.807) is 11.3 Å². The van der Waals surface area contributed by atoms with E-state index in [1.165, 1.54) is 4.88 Å². The summed E-state index contributed by atoms with van der Waals surface area (Å²) >= 11 is 1.76. The summed E-state index contributed by atoms with van der Waals surface area (Å²) in [5.41, 5.74) is 0. The third kappa shape index (κ3) is 2.66. The first-order valence-electron chi connectivity index (χ1n) is 5.00. The Bertz CT molecular complexity index is 292. The van der Waals surface area contributed by atoms with Crippen molar-refractivity contribution in [2.45, 2.75) is 31.8 Å². The molecule has 0 N–H and O–H groups in total. The van der Waals surface area contributed by atoms with Gasteiger partial charge in [0.05, 0.1) is 12.7 Å². The molecule has 1 aliphatic rings. The van der Waals surface area contributed by atoms with E-state index in [-0.39, 0.29) is 6.10 Å². The molecule has 1 saturated carbocycles. The first-order valence-corrected chi connectivity index (χ1v) is 5.88. The summed E-state index contributed by atoms with van der Waals surface area (Å²) in [6.07, 6.45) is 3.43. The summed E-state index contributed by atoms with van der Waals surface area (Å²) in [6.45, 7) is 0.748. The van der Waals surface area contributed by atoms with E-state index in [0.717, 1.165) is 19.4 Å². The maximum absolute atomic E-state index is 11.0. The number of carbonyl (C=O) groups is 1. The van der Waals surface area contributed by atoms with Crippen LogP contribution in [0.5, 0.6) is 0 Å². The first-order chi connectivity index (χ1) is 6.84. The highest BCUT2D eigenvalue weighted by molar-refractivity contribution is 7.09. The Morgan fingerprint density at radius 1 is 1.57 bits per heavy atom. The Hall–Kier alpha value is -0.670. The molecule has 1 unspecified atom stereocenters. The van der Waals surface area contributed by atoms with Gasteiger partial charge in [-0.1, -0.05) is 6.07 Å². The summed E-state index contributed by atoms with van der Waals surface area (Å²) in [6, 6.07) is 4.17. The molecule has 1 heterocycles. The van der Waals surface area contributed by atoms with Crippen molar-refractivity contribution in [3.05, 3.63) is 22.4 Å². The summed E-state index contributed by atoms with van der Waals surface area (Å²) < 4.78 is 5.63. The molecule has 0 aromatic carbocycles. The Balaban J connectivity index is 1.66. The van der Waals surface area contributed by atoms with Crippen molar-refractivity contribution in [1.29, 1.82) is 0 Å². The molecule has 1 aromatic rings. The summed E-state index contributed by atoms with van der Waals surface area (Å²) in [5.74, 6) is 0.353. The van der Waals surface area contributed by atoms with Crippen LogP contribution >= 0.6 is 11.3 Å². The highest BCUT2D eigenvalue weighted by Gasteiger charge is 2.22. The van der Waals surface area contributed by atoms with Crippen LogP contribution in [0.25, 0.3) is 0 Å². The quantitative estimate of drug-likeness (QED) is 0.763. The summed E-state index contributed by atoms with van der Waals surface area (Å²) in [5, 5.41) is 2.08. The van der Waals surface area contributed by atoms with Gasteiger partial charge in [0.1, 0.15) is 5.78 Å². The lowest BCUT2D eigenvalue weighted by molar-refractivity contribution is -0.118. The number of carbonyl (C=O) groups excluding carboxylic acids is 1. The average Bonchev–Trinajstić information content (AvgIpc) is 2.77. The number of thiophene rings is 1. The zero-order valence-electron chi connectivity index (χ0n) is 8.07. The predicted molar refractivity (Wildman–Crippen MR) is 56.6 cm³/mol. The topological polar surface area (TPSA) is 26.3 Å². The largest absolute Gasteiger partial charge is 0.377 e. The van der Waals surface area contributed by atoms with Gasteiger partial charge in [0.25, 0.3) is 0 Å². The van der Waals surface area contributed by atoms with Crippen LogP contribution in [0.4, 0.5) is 0 Å². The number of Topliss-reactive ketones (excluding diaryl/α,β-unsaturated/α-hetero) is 1. The summed E-state index contributed by atoms with van der Waals surface area (Å²) in [7, 11) is 0. The van der Waals surface area contributed by atoms with Crippen molar-refractivity contribution in [2.75, 3.05) is 6.61 Å². The average molecular weight is 210 g/mol. The lowest BCUT2D eigenvalue weighted by atomic mass is 10.3. The number of ketones is 1. The van der Waals surface area contributed by atoms with Gasteiger partial charge >= 0.3 is 0 Å². The van der Waals surface area contributed by atoms with Crippen molar-refractivity contribution in [3.8, 4) is 0 Å². The van der Waals surface area contributed by atoms with Gasteiger partial charge in [0.2, 0.25) is 0 Å². The Morgan fingerprint density at radius 3 is 3.14 bits per heavy atom. The summed E-state index contributed by atoms with van der Waals surface area (Å²) in [4.78, 5) is 12.3. The minimum Gasteiger partial charge on any atom is -0.377 e. The van der Waals surface area contributed by atoms with Crippen molar-refractivity contribution in [2.24, 2.45) is 0 Å². The minimum atomic E-state index is 0.197. The van der Waals surface area contributed by atoms with Gasteiger partial charge in [0.15, 0.2) is 0 Å². The van der Waals surface area contributed by atoms with Crippen molar-refractivity contribution in [1.82, 2.24) is 0 Å². The Morgan fingerprint density at radius 2 is 2.50 bits per heavy atom. The van der Waals surface area contributed by atoms with E-state index in [4.69, 9.17) is 4.74 Å². The van der Waals surface area contributed by atoms with Crippen LogP contribution in [0.3, 0.4) is 0 Å². The van der Waals surface area contributed by atoms with E-state index in [1.807, 2.05) is 0 Å². The molecule has 2 rings (SSSR count). The van der Waals surface area contributed by atoms with E-state index >= 15 is 0 Å². The zero-order chi connectivity index (χ0) is 9.80. The standard InChI is InChI=1S/C11H14O2S/c12-9-3-4-10(8-9)13-6-5-11-2-1-7-14-11/h1-2,7,10H,3-6,8H2. The molecule has 0 amide bonds. The van der Waals surface area contributed by atoms with E-state index in [0.29, 0.717) is 18.6 Å². The van der Waals surface area contributed by atoms with Crippen LogP contribution in [0.2, 0.25) is 0 Å². The molecule has 1 fully saturated rings. The van der Waals surface area contributed by atoms with Gasteiger partial charge in [0, 0.05) is 24.1 Å². The first kappa shape index (κ1) is 9.87. The number of ether oxygens (including phenoxy) is 1. The molecule has 1 atom stereocenters. The van der Waals surface area contributed by atoms with Gasteiger partial charge in [-0.25, -0.2) is 0 Å². The zero-order valence-corrected chi connectivity index (χ0v) is 8.89. The van der Waals surface area contributed by atoms with Crippen LogP contribution in [0.15, 0.2) is 17.5 Å². The maximum atomic E-state index is 11.0. The molecule has 0 bridgehead atoms. The van der Waals surface area contributed by atoms with Crippen LogP contribution < -0.4 is 0 Å². The fourth-order valence-electron chi connectivity index (χ4n) is 1.70. The minimum absolute atomic E-state index is 0.197. The molecule has 0 radical (unpaired) electrons. The lowest BCUT2D eigenvalue weighted by Gasteiger charge is -2.08. The van der Waals surface area contributed by atoms with Gasteiger partial charge in [-0.2, -0.15) is 0 Å². The second-order valence-corrected chi connectivity index (χ2v) is 4.64. The third-order valence-electron chi connectivity index (χ3n) is 2.48. The Kier molecular flexibility index (Phi) is 3.32. The number of rotatable bonds is 4. The molecule has 3 heteroatoms. The smallest absolute Gasteiger partial charge is 0.135 e. The van der Waals surface area contributed by atoms with Crippen molar-refractivity contribution in [3.63, 3.8) is 0 Å². The third-order valence-corrected chi connectivity index (χ3v) is 3.42. The monoisotopic (exact) mass is 210 g/mol. The lowest BCUT2D eigenvalue weighted by Crippen LogP contribution is -2.10. The van der Waals surface area contributed by atoms with Crippen LogP contribution in [-0.4, -0.2) is 18.5 Å². The van der Waals surface area contributed by atoms with Crippen LogP contribution in [-0.2, 0) is 16.0 Å². The van der Waals surface area contributed by atoms with E-state index < -0.39 is 0 Å². The van der Waals surface area contributed by atoms with Crippen molar-refractivity contribution >= 4 is 17.1 Å². The van der Waals surface area contributed by atoms with E-state index in [2.05, 4.69) is 17.5 Å². The van der Waals surface area contributed by atoms with Crippen LogP contribution in [0.1, 0.15) is 24.1 Å². The second kappa shape index (κ2) is 4.71. The molecule has 0 spiro atoms. The van der Waals surface area contributed by atoms with Gasteiger partial charge < -0.3 is 4.74 Å². The molecule has 0 aliphatic heterocycles. The predicted octanol–water partition coefficient (Wildman–Crippen LogP) is 2.43. The fraction of sp³-hybridized carbons (Fsp3) is 0.545. The number of hydrogen-bond donors (Lipinski definition) is 0. The van der Waals surface area contributed by atoms with Gasteiger partial charge in [-0.05, 0) is 17.9 Å². The maximum Gasteiger partial charge on any atom is 0.135 e. The molecule has 76 valence electrons. The Labute approximate surface area is 87.9 Å². The fourth-order valence-corrected chi connectivity index (χ4v) is 2.39. The second-order valence-electron chi connectivity index (χ2n) is 3.60. The van der Waals surface area contributed by atoms with Crippen molar-refractivity contribution < 1.29 is 9.53 Å². The molecular formula is C11H14O2S. The molecule has 0 saturated heterocycles. The molecule has 1 aliphatic carbocycles. The molecule has 14 heavy (non-hydrogen) atoms. The van der Waals surface area contributed by atoms with Crippen LogP contribution in [0, 0.1) is 0 Å². The molecular weight excluding hydrogens is 196 g/mol. The highest BCUT2D eigenvalue weighted by Crippen LogP contribution is 2.18. The SMILES string of the molecule is O=C1CCC(OCCc2cccs2)C1. The van der Waals surface area contributed by atoms with Gasteiger partial charge in [-0.15, -0.1) is 11.3 Å². The van der Waals surface area contributed by atoms with Gasteiger partial charge in [-0.3, -0.25) is 4.79 Å².